The summed E-state index contributed by atoms with van der Waals surface area (Å²) in [6.07, 6.45) is 0.411. The first-order valence-electron chi connectivity index (χ1n) is 11.5. The summed E-state index contributed by atoms with van der Waals surface area (Å²) in [6.45, 7) is 10.2. The number of nitrogens with one attached hydrogen (secondary N) is 1. The van der Waals surface area contributed by atoms with Crippen molar-refractivity contribution in [3.8, 4) is 5.75 Å². The number of hydrogen-bond donors (Lipinski definition) is 2. The number of aromatic hydroxyl groups is 1. The van der Waals surface area contributed by atoms with Crippen LogP contribution in [-0.4, -0.2) is 66.2 Å². The summed E-state index contributed by atoms with van der Waals surface area (Å²) < 4.78 is 6.44. The molecule has 0 saturated carbocycles. The number of carbonyl (C=O) groups excluding carboxylic acids is 2. The van der Waals surface area contributed by atoms with Gasteiger partial charge >= 0.3 is 5.97 Å². The van der Waals surface area contributed by atoms with Gasteiger partial charge in [-0.3, -0.25) is 14.9 Å². The van der Waals surface area contributed by atoms with Crippen LogP contribution in [-0.2, 0) is 20.7 Å². The monoisotopic (exact) mass is 531 g/mol. The summed E-state index contributed by atoms with van der Waals surface area (Å²) >= 11 is 3.51. The van der Waals surface area contributed by atoms with Crippen molar-refractivity contribution in [3.05, 3.63) is 58.1 Å². The van der Waals surface area contributed by atoms with E-state index in [9.17, 15) is 14.7 Å². The lowest BCUT2D eigenvalue weighted by molar-refractivity contribution is -0.153. The molecule has 0 radical (unpaired) electrons. The summed E-state index contributed by atoms with van der Waals surface area (Å²) in [5.74, 6) is -0.261. The van der Waals surface area contributed by atoms with E-state index in [2.05, 4.69) is 45.2 Å². The second-order valence-corrected chi connectivity index (χ2v) is 10.5. The van der Waals surface area contributed by atoms with E-state index in [-0.39, 0.29) is 18.2 Å². The zero-order valence-electron chi connectivity index (χ0n) is 20.3. The summed E-state index contributed by atoms with van der Waals surface area (Å²) in [5, 5.41) is 12.7. The molecule has 0 bridgehead atoms. The van der Waals surface area contributed by atoms with Crippen molar-refractivity contribution in [2.45, 2.75) is 45.8 Å². The number of anilines is 1. The zero-order valence-corrected chi connectivity index (χ0v) is 21.9. The minimum atomic E-state index is -0.587. The first-order valence-corrected chi connectivity index (χ1v) is 12.3. The summed E-state index contributed by atoms with van der Waals surface area (Å²) in [4.78, 5) is 29.9. The molecule has 0 spiro atoms. The van der Waals surface area contributed by atoms with Gasteiger partial charge in [0.15, 0.2) is 0 Å². The lowest BCUT2D eigenvalue weighted by Gasteiger charge is -2.38. The molecule has 8 heteroatoms. The van der Waals surface area contributed by atoms with Crippen molar-refractivity contribution in [2.75, 3.05) is 37.6 Å². The molecule has 1 heterocycles. The number of rotatable bonds is 7. The Kier molecular flexibility index (Phi) is 8.60. The number of halogens is 1. The highest BCUT2D eigenvalue weighted by molar-refractivity contribution is 9.10. The number of benzene rings is 2. The maximum Gasteiger partial charge on any atom is 0.320 e. The van der Waals surface area contributed by atoms with E-state index in [0.717, 1.165) is 23.1 Å². The van der Waals surface area contributed by atoms with E-state index in [1.807, 2.05) is 31.7 Å². The van der Waals surface area contributed by atoms with Gasteiger partial charge in [0, 0.05) is 36.3 Å². The fourth-order valence-corrected chi connectivity index (χ4v) is 4.54. The lowest BCUT2D eigenvalue weighted by atomic mass is 10.0. The Balaban J connectivity index is 1.66. The van der Waals surface area contributed by atoms with Crippen molar-refractivity contribution in [3.63, 3.8) is 0 Å². The van der Waals surface area contributed by atoms with Crippen LogP contribution in [0.2, 0.25) is 0 Å². The molecule has 1 saturated heterocycles. The third-order valence-electron chi connectivity index (χ3n) is 5.68. The molecule has 1 aliphatic rings. The van der Waals surface area contributed by atoms with Gasteiger partial charge in [0.05, 0.1) is 12.6 Å². The van der Waals surface area contributed by atoms with Gasteiger partial charge in [0.1, 0.15) is 11.4 Å². The highest BCUT2D eigenvalue weighted by atomic mass is 79.9. The SMILES string of the molecule is Cc1cc(Br)ccc1N1CCN(C(=O)C(Cc2ccc(O)cc2)NCC(=O)OC(C)(C)C)CC1. The molecule has 1 fully saturated rings. The zero-order chi connectivity index (χ0) is 24.9. The molecule has 34 heavy (non-hydrogen) atoms. The topological polar surface area (TPSA) is 82.1 Å². The predicted octanol–water partition coefficient (Wildman–Crippen LogP) is 3.65. The van der Waals surface area contributed by atoms with Gasteiger partial charge in [0.2, 0.25) is 5.91 Å². The Labute approximate surface area is 210 Å². The van der Waals surface area contributed by atoms with Crippen molar-refractivity contribution in [2.24, 2.45) is 0 Å². The second-order valence-electron chi connectivity index (χ2n) is 9.63. The third kappa shape index (κ3) is 7.46. The quantitative estimate of drug-likeness (QED) is 0.530. The molecular formula is C26H34BrN3O4. The molecule has 0 aliphatic carbocycles. The lowest BCUT2D eigenvalue weighted by Crippen LogP contribution is -2.55. The van der Waals surface area contributed by atoms with Crippen LogP contribution in [0.15, 0.2) is 46.9 Å². The molecule has 3 rings (SSSR count). The van der Waals surface area contributed by atoms with Crippen LogP contribution < -0.4 is 10.2 Å². The predicted molar refractivity (Wildman–Crippen MR) is 137 cm³/mol. The average molecular weight is 532 g/mol. The summed E-state index contributed by atoms with van der Waals surface area (Å²) in [7, 11) is 0. The van der Waals surface area contributed by atoms with E-state index in [1.54, 1.807) is 24.3 Å². The highest BCUT2D eigenvalue weighted by Gasteiger charge is 2.29. The molecular weight excluding hydrogens is 498 g/mol. The molecule has 1 unspecified atom stereocenters. The van der Waals surface area contributed by atoms with Gasteiger partial charge in [-0.2, -0.15) is 0 Å². The largest absolute Gasteiger partial charge is 0.508 e. The smallest absolute Gasteiger partial charge is 0.320 e. The molecule has 1 aliphatic heterocycles. The van der Waals surface area contributed by atoms with Crippen molar-refractivity contribution >= 4 is 33.5 Å². The molecule has 2 aromatic carbocycles. The molecule has 1 atom stereocenters. The van der Waals surface area contributed by atoms with Crippen LogP contribution in [0.3, 0.4) is 0 Å². The van der Waals surface area contributed by atoms with Gasteiger partial charge < -0.3 is 19.6 Å². The van der Waals surface area contributed by atoms with Crippen molar-refractivity contribution in [1.29, 1.82) is 0 Å². The second kappa shape index (κ2) is 11.2. The molecule has 0 aromatic heterocycles. The van der Waals surface area contributed by atoms with E-state index in [4.69, 9.17) is 4.74 Å². The molecule has 7 nitrogen and oxygen atoms in total. The fraction of sp³-hybridized carbons (Fsp3) is 0.462. The fourth-order valence-electron chi connectivity index (χ4n) is 4.06. The van der Waals surface area contributed by atoms with Crippen LogP contribution in [0, 0.1) is 6.92 Å². The van der Waals surface area contributed by atoms with Gasteiger partial charge in [0.25, 0.3) is 0 Å². The number of esters is 1. The number of aryl methyl sites for hydroxylation is 1. The van der Waals surface area contributed by atoms with Crippen LogP contribution in [0.4, 0.5) is 5.69 Å². The van der Waals surface area contributed by atoms with Gasteiger partial charge in [-0.25, -0.2) is 0 Å². The summed E-state index contributed by atoms with van der Waals surface area (Å²) in [5.41, 5.74) is 2.69. The number of carbonyl (C=O) groups is 2. The number of nitrogens with zero attached hydrogens (tertiary/aromatic N) is 2. The Morgan fingerprint density at radius 3 is 2.32 bits per heavy atom. The average Bonchev–Trinajstić information content (AvgIpc) is 2.76. The Hall–Kier alpha value is -2.58. The van der Waals surface area contributed by atoms with Crippen LogP contribution in [0.1, 0.15) is 31.9 Å². The number of phenols is 1. The summed E-state index contributed by atoms with van der Waals surface area (Å²) in [6, 6.07) is 12.5. The normalized spacial score (nSPS) is 15.2. The molecule has 2 N–H and O–H groups in total. The molecule has 1 amide bonds. The maximum absolute atomic E-state index is 13.5. The number of ether oxygens (including phenoxy) is 1. The third-order valence-corrected chi connectivity index (χ3v) is 6.17. The maximum atomic E-state index is 13.5. The van der Waals surface area contributed by atoms with Crippen LogP contribution >= 0.6 is 15.9 Å². The van der Waals surface area contributed by atoms with Crippen molar-refractivity contribution in [1.82, 2.24) is 10.2 Å². The minimum absolute atomic E-state index is 0.0381. The number of piperazine rings is 1. The number of hydrogen-bond acceptors (Lipinski definition) is 6. The van der Waals surface area contributed by atoms with E-state index < -0.39 is 17.6 Å². The first-order chi connectivity index (χ1) is 16.0. The Bertz CT molecular complexity index is 996. The molecule has 2 aromatic rings. The standard InChI is InChI=1S/C26H34BrN3O4/c1-18-15-20(27)7-10-23(18)29-11-13-30(14-12-29)25(33)22(16-19-5-8-21(31)9-6-19)28-17-24(32)34-26(2,3)4/h5-10,15,22,28,31H,11-14,16-17H2,1-4H3. The highest BCUT2D eigenvalue weighted by Crippen LogP contribution is 2.25. The van der Waals surface area contributed by atoms with Crippen molar-refractivity contribution < 1.29 is 19.4 Å². The van der Waals surface area contributed by atoms with Crippen LogP contribution in [0.5, 0.6) is 5.75 Å². The first kappa shape index (κ1) is 26.0. The van der Waals surface area contributed by atoms with E-state index >= 15 is 0 Å². The Morgan fingerprint density at radius 2 is 1.74 bits per heavy atom. The number of amides is 1. The van der Waals surface area contributed by atoms with Gasteiger partial charge in [-0.1, -0.05) is 28.1 Å². The van der Waals surface area contributed by atoms with Crippen LogP contribution in [0.25, 0.3) is 0 Å². The van der Waals surface area contributed by atoms with Gasteiger partial charge in [-0.05, 0) is 75.6 Å². The Morgan fingerprint density at radius 1 is 1.09 bits per heavy atom. The van der Waals surface area contributed by atoms with E-state index in [0.29, 0.717) is 19.5 Å². The van der Waals surface area contributed by atoms with E-state index in [1.165, 1.54) is 11.3 Å². The molecule has 184 valence electrons. The number of phenolic OH excluding ortho intramolecular Hbond substituents is 1. The minimum Gasteiger partial charge on any atom is -0.508 e. The van der Waals surface area contributed by atoms with Gasteiger partial charge in [-0.15, -0.1) is 0 Å².